The minimum absolute atomic E-state index is 0.0160. The number of thiophene rings is 1. The van der Waals surface area contributed by atoms with Crippen molar-refractivity contribution >= 4 is 62.7 Å². The Hall–Kier alpha value is -2.37. The third-order valence-corrected chi connectivity index (χ3v) is 5.62. The van der Waals surface area contributed by atoms with E-state index >= 15 is 0 Å². The summed E-state index contributed by atoms with van der Waals surface area (Å²) in [5.41, 5.74) is 6.77. The molecule has 11 heteroatoms. The Morgan fingerprint density at radius 1 is 1.14 bits per heavy atom. The minimum atomic E-state index is -0.777. The summed E-state index contributed by atoms with van der Waals surface area (Å²) in [5, 5.41) is 6.32. The Bertz CT molecular complexity index is 949. The number of anilines is 2. The minimum Gasteiger partial charge on any atom is -0.465 e. The van der Waals surface area contributed by atoms with Crippen molar-refractivity contribution in [2.24, 2.45) is 0 Å². The van der Waals surface area contributed by atoms with Gasteiger partial charge in [0.1, 0.15) is 16.6 Å². The van der Waals surface area contributed by atoms with Crippen LogP contribution in [0, 0.1) is 11.6 Å². The van der Waals surface area contributed by atoms with Gasteiger partial charge in [-0.05, 0) is 61.4 Å². The molecular formula is C17H16F2N4O2S3. The summed E-state index contributed by atoms with van der Waals surface area (Å²) in [6.07, 6.45) is 2.75. The van der Waals surface area contributed by atoms with Crippen LogP contribution in [0.4, 0.5) is 19.5 Å². The van der Waals surface area contributed by atoms with Gasteiger partial charge in [-0.15, -0.1) is 11.3 Å². The molecule has 2 aromatic rings. The van der Waals surface area contributed by atoms with Crippen LogP contribution < -0.4 is 21.5 Å². The first-order valence-electron chi connectivity index (χ1n) is 8.21. The molecule has 0 saturated carbocycles. The van der Waals surface area contributed by atoms with Crippen LogP contribution in [0.1, 0.15) is 27.2 Å². The van der Waals surface area contributed by atoms with Crippen molar-refractivity contribution in [2.45, 2.75) is 19.3 Å². The van der Waals surface area contributed by atoms with Crippen LogP contribution in [-0.2, 0) is 17.6 Å². The summed E-state index contributed by atoms with van der Waals surface area (Å²) < 4.78 is 31.5. The van der Waals surface area contributed by atoms with Gasteiger partial charge in [0.05, 0.1) is 18.4 Å². The van der Waals surface area contributed by atoms with Crippen LogP contribution in [0.25, 0.3) is 0 Å². The number of rotatable bonds is 3. The van der Waals surface area contributed by atoms with Crippen LogP contribution in [0.5, 0.6) is 0 Å². The molecule has 1 heterocycles. The molecule has 6 nitrogen and oxygen atoms in total. The predicted octanol–water partition coefficient (Wildman–Crippen LogP) is 3.49. The van der Waals surface area contributed by atoms with Gasteiger partial charge in [0, 0.05) is 10.9 Å². The summed E-state index contributed by atoms with van der Waals surface area (Å²) in [4.78, 5) is 13.3. The Morgan fingerprint density at radius 3 is 2.54 bits per heavy atom. The number of methoxy groups -OCH3 is 1. The number of aryl methyl sites for hydroxylation is 1. The lowest BCUT2D eigenvalue weighted by molar-refractivity contribution is 0.0601. The van der Waals surface area contributed by atoms with E-state index < -0.39 is 17.6 Å². The van der Waals surface area contributed by atoms with E-state index in [0.29, 0.717) is 10.6 Å². The second kappa shape index (κ2) is 8.76. The molecule has 3 rings (SSSR count). The average Bonchev–Trinajstić information content (AvgIpc) is 3.22. The van der Waals surface area contributed by atoms with Crippen molar-refractivity contribution in [1.29, 1.82) is 0 Å². The van der Waals surface area contributed by atoms with E-state index in [1.165, 1.54) is 24.5 Å². The fraction of sp³-hybridized carbons (Fsp3) is 0.235. The lowest BCUT2D eigenvalue weighted by atomic mass is 10.1. The molecule has 28 heavy (non-hydrogen) atoms. The Labute approximate surface area is 174 Å². The van der Waals surface area contributed by atoms with Crippen LogP contribution in [0.15, 0.2) is 18.2 Å². The lowest BCUT2D eigenvalue weighted by Crippen LogP contribution is -2.45. The molecule has 0 unspecified atom stereocenters. The maximum absolute atomic E-state index is 13.6. The van der Waals surface area contributed by atoms with Gasteiger partial charge in [0.15, 0.2) is 10.2 Å². The van der Waals surface area contributed by atoms with E-state index in [4.69, 9.17) is 29.2 Å². The number of esters is 1. The number of hydrazine groups is 1. The number of ether oxygens (including phenoxy) is 1. The smallest absolute Gasteiger partial charge is 0.341 e. The van der Waals surface area contributed by atoms with Gasteiger partial charge in [-0.2, -0.15) is 0 Å². The molecule has 0 aliphatic heterocycles. The molecule has 0 fully saturated rings. The third kappa shape index (κ3) is 4.54. The summed E-state index contributed by atoms with van der Waals surface area (Å²) in [6, 6.07) is 3.08. The highest BCUT2D eigenvalue weighted by Gasteiger charge is 2.27. The molecule has 0 bridgehead atoms. The molecule has 0 spiro atoms. The summed E-state index contributed by atoms with van der Waals surface area (Å²) in [6.45, 7) is 0. The first-order valence-corrected chi connectivity index (χ1v) is 9.84. The summed E-state index contributed by atoms with van der Waals surface area (Å²) in [5.74, 6) is -1.88. The van der Waals surface area contributed by atoms with Crippen molar-refractivity contribution < 1.29 is 18.3 Å². The Morgan fingerprint density at radius 2 is 1.86 bits per heavy atom. The van der Waals surface area contributed by atoms with E-state index in [2.05, 4.69) is 21.5 Å². The number of nitrogens with one attached hydrogen (secondary N) is 4. The van der Waals surface area contributed by atoms with E-state index in [-0.39, 0.29) is 15.9 Å². The van der Waals surface area contributed by atoms with Gasteiger partial charge in [-0.25, -0.2) is 13.6 Å². The third-order valence-electron chi connectivity index (χ3n) is 4.01. The molecule has 148 valence electrons. The molecule has 0 saturated heterocycles. The molecule has 1 aliphatic rings. The van der Waals surface area contributed by atoms with Gasteiger partial charge in [-0.3, -0.25) is 10.9 Å². The predicted molar refractivity (Wildman–Crippen MR) is 113 cm³/mol. The number of fused-ring (bicyclic) bond motifs is 1. The van der Waals surface area contributed by atoms with Gasteiger partial charge >= 0.3 is 5.97 Å². The fourth-order valence-corrected chi connectivity index (χ4v) is 4.46. The standard InChI is InChI=1S/C17H16F2N4O2S3/c1-25-15(24)13-9-3-2-4-12(9)28-14(13)21-17(27)23-22-16(26)20-11-6-5-8(18)7-10(11)19/h5-7H,2-4H2,1H3,(H2,20,22,26)(H2,21,23,27). The van der Waals surface area contributed by atoms with E-state index in [1.807, 2.05) is 0 Å². The largest absolute Gasteiger partial charge is 0.465 e. The molecule has 0 atom stereocenters. The van der Waals surface area contributed by atoms with E-state index in [0.717, 1.165) is 41.8 Å². The summed E-state index contributed by atoms with van der Waals surface area (Å²) >= 11 is 11.7. The molecule has 4 N–H and O–H groups in total. The zero-order chi connectivity index (χ0) is 20.3. The first kappa shape index (κ1) is 20.4. The van der Waals surface area contributed by atoms with Crippen molar-refractivity contribution in [3.63, 3.8) is 0 Å². The van der Waals surface area contributed by atoms with Crippen molar-refractivity contribution in [3.05, 3.63) is 45.8 Å². The fourth-order valence-electron chi connectivity index (χ4n) is 2.80. The van der Waals surface area contributed by atoms with Crippen LogP contribution in [0.3, 0.4) is 0 Å². The zero-order valence-corrected chi connectivity index (χ0v) is 17.1. The van der Waals surface area contributed by atoms with Crippen LogP contribution >= 0.6 is 35.8 Å². The Kier molecular flexibility index (Phi) is 6.37. The Balaban J connectivity index is 1.59. The van der Waals surface area contributed by atoms with E-state index in [9.17, 15) is 13.6 Å². The highest BCUT2D eigenvalue weighted by atomic mass is 32.1. The van der Waals surface area contributed by atoms with Crippen LogP contribution in [-0.4, -0.2) is 23.3 Å². The number of hydrogen-bond acceptors (Lipinski definition) is 5. The molecule has 1 aromatic carbocycles. The maximum Gasteiger partial charge on any atom is 0.341 e. The SMILES string of the molecule is COC(=O)c1c(NC(=S)NNC(=S)Nc2ccc(F)cc2F)sc2c1CCC2. The van der Waals surface area contributed by atoms with Crippen LogP contribution in [0.2, 0.25) is 0 Å². The monoisotopic (exact) mass is 442 g/mol. The quantitative estimate of drug-likeness (QED) is 0.327. The summed E-state index contributed by atoms with van der Waals surface area (Å²) in [7, 11) is 1.34. The maximum atomic E-state index is 13.6. The average molecular weight is 443 g/mol. The number of carbonyl (C=O) groups is 1. The topological polar surface area (TPSA) is 74.4 Å². The van der Waals surface area contributed by atoms with Crippen molar-refractivity contribution in [3.8, 4) is 0 Å². The lowest BCUT2D eigenvalue weighted by Gasteiger charge is -2.14. The van der Waals surface area contributed by atoms with Gasteiger partial charge in [0.2, 0.25) is 0 Å². The number of hydrogen-bond donors (Lipinski definition) is 4. The second-order valence-electron chi connectivity index (χ2n) is 5.84. The van der Waals surface area contributed by atoms with Gasteiger partial charge in [0.25, 0.3) is 0 Å². The zero-order valence-electron chi connectivity index (χ0n) is 14.7. The highest BCUT2D eigenvalue weighted by molar-refractivity contribution is 7.81. The second-order valence-corrected chi connectivity index (χ2v) is 7.76. The molecule has 0 amide bonds. The highest BCUT2D eigenvalue weighted by Crippen LogP contribution is 2.39. The van der Waals surface area contributed by atoms with E-state index in [1.54, 1.807) is 0 Å². The van der Waals surface area contributed by atoms with Crippen molar-refractivity contribution in [2.75, 3.05) is 17.7 Å². The number of halogens is 2. The number of thiocarbonyl (C=S) groups is 2. The number of benzene rings is 1. The van der Waals surface area contributed by atoms with Gasteiger partial charge in [-0.1, -0.05) is 0 Å². The number of carbonyl (C=O) groups excluding carboxylic acids is 1. The first-order chi connectivity index (χ1) is 13.4. The normalized spacial score (nSPS) is 12.1. The molecule has 1 aromatic heterocycles. The van der Waals surface area contributed by atoms with Crippen molar-refractivity contribution in [1.82, 2.24) is 10.9 Å². The van der Waals surface area contributed by atoms with Gasteiger partial charge < -0.3 is 15.4 Å². The molecule has 1 aliphatic carbocycles. The molecule has 0 radical (unpaired) electrons. The molecular weight excluding hydrogens is 426 g/mol.